The Morgan fingerprint density at radius 3 is 2.94 bits per heavy atom. The smallest absolute Gasteiger partial charge is 0.254 e. The van der Waals surface area contributed by atoms with Crippen LogP contribution in [0.1, 0.15) is 38.8 Å². The van der Waals surface area contributed by atoms with Gasteiger partial charge in [-0.3, -0.25) is 25.0 Å². The van der Waals surface area contributed by atoms with E-state index in [-0.39, 0.29) is 40.1 Å². The number of amides is 2. The van der Waals surface area contributed by atoms with Crippen LogP contribution in [0.5, 0.6) is 0 Å². The lowest BCUT2D eigenvalue weighted by molar-refractivity contribution is 0.0734. The van der Waals surface area contributed by atoms with Crippen LogP contribution in [0.25, 0.3) is 10.9 Å². The van der Waals surface area contributed by atoms with Crippen LogP contribution in [0.15, 0.2) is 35.5 Å². The summed E-state index contributed by atoms with van der Waals surface area (Å²) in [5, 5.41) is 21.8. The van der Waals surface area contributed by atoms with Crippen LogP contribution >= 0.6 is 23.2 Å². The van der Waals surface area contributed by atoms with Gasteiger partial charge in [-0.25, -0.2) is 0 Å². The van der Waals surface area contributed by atoms with Crippen LogP contribution < -0.4 is 16.4 Å². The first-order valence-corrected chi connectivity index (χ1v) is 11.5. The van der Waals surface area contributed by atoms with Crippen molar-refractivity contribution < 1.29 is 9.59 Å². The predicted octanol–water partition coefficient (Wildman–Crippen LogP) is 2.57. The number of fused-ring (bicyclic) bond motifs is 2. The maximum atomic E-state index is 13.1. The molecule has 5 N–H and O–H groups in total. The zero-order valence-electron chi connectivity index (χ0n) is 18.7. The minimum atomic E-state index is -0.441. The zero-order valence-corrected chi connectivity index (χ0v) is 20.2. The minimum Gasteiger partial charge on any atom is -0.369 e. The lowest BCUT2D eigenvalue weighted by atomic mass is 9.96. The highest BCUT2D eigenvalue weighted by Crippen LogP contribution is 2.35. The van der Waals surface area contributed by atoms with Gasteiger partial charge in [0.1, 0.15) is 0 Å². The highest BCUT2D eigenvalue weighted by Gasteiger charge is 2.28. The first-order valence-electron chi connectivity index (χ1n) is 10.8. The highest BCUT2D eigenvalue weighted by molar-refractivity contribution is 6.40. The molecule has 1 aliphatic rings. The average molecular weight is 513 g/mol. The monoisotopic (exact) mass is 512 g/mol. The number of hydrogen-bond acceptors (Lipinski definition) is 5. The number of nitrogens with two attached hydrogens (primary N) is 1. The average Bonchev–Trinajstić information content (AvgIpc) is 3.30. The van der Waals surface area contributed by atoms with Crippen LogP contribution in [0.4, 0.5) is 0 Å². The Bertz CT molecular complexity index is 1380. The Balaban J connectivity index is 1.49. The third-order valence-corrected chi connectivity index (χ3v) is 6.42. The van der Waals surface area contributed by atoms with Crippen LogP contribution in [0.2, 0.25) is 10.0 Å². The van der Waals surface area contributed by atoms with Gasteiger partial charge in [0.05, 0.1) is 33.9 Å². The fraction of sp³-hybridized carbons (Fsp3) is 0.261. The molecule has 0 spiro atoms. The molecular weight excluding hydrogens is 491 g/mol. The third kappa shape index (κ3) is 5.16. The highest BCUT2D eigenvalue weighted by atomic mass is 35.5. The Hall–Kier alpha value is -3.81. The van der Waals surface area contributed by atoms with E-state index in [0.29, 0.717) is 25.1 Å². The molecule has 3 aromatic rings. The maximum Gasteiger partial charge on any atom is 0.254 e. The molecule has 1 aliphatic heterocycles. The lowest BCUT2D eigenvalue weighted by Crippen LogP contribution is -2.38. The molecule has 10 nitrogen and oxygen atoms in total. The van der Waals surface area contributed by atoms with Gasteiger partial charge in [0.2, 0.25) is 5.96 Å². The topological polar surface area (TPSA) is 152 Å². The van der Waals surface area contributed by atoms with Gasteiger partial charge >= 0.3 is 0 Å². The van der Waals surface area contributed by atoms with E-state index in [1.165, 1.54) is 0 Å². The molecular formula is C23H22Cl2N8O2. The van der Waals surface area contributed by atoms with E-state index in [9.17, 15) is 9.59 Å². The summed E-state index contributed by atoms with van der Waals surface area (Å²) < 4.78 is 0. The second kappa shape index (κ2) is 10.2. The fourth-order valence-electron chi connectivity index (χ4n) is 3.96. The van der Waals surface area contributed by atoms with Crippen molar-refractivity contribution in [1.29, 1.82) is 5.26 Å². The van der Waals surface area contributed by atoms with Crippen LogP contribution in [-0.4, -0.2) is 52.0 Å². The number of nitrogens with one attached hydrogen (secondary N) is 3. The summed E-state index contributed by atoms with van der Waals surface area (Å²) in [6.45, 7) is 2.68. The van der Waals surface area contributed by atoms with Crippen molar-refractivity contribution in [1.82, 2.24) is 25.7 Å². The zero-order chi connectivity index (χ0) is 25.1. The van der Waals surface area contributed by atoms with Crippen LogP contribution in [0.3, 0.4) is 0 Å². The Morgan fingerprint density at radius 2 is 2.17 bits per heavy atom. The van der Waals surface area contributed by atoms with E-state index < -0.39 is 5.91 Å². The molecule has 0 aliphatic carbocycles. The number of aliphatic imine (C=N–C) groups is 1. The van der Waals surface area contributed by atoms with Crippen molar-refractivity contribution in [3.63, 3.8) is 0 Å². The first kappa shape index (κ1) is 24.3. The fourth-order valence-corrected chi connectivity index (χ4v) is 4.72. The van der Waals surface area contributed by atoms with E-state index >= 15 is 0 Å². The van der Waals surface area contributed by atoms with Crippen molar-refractivity contribution in [2.45, 2.75) is 25.9 Å². The van der Waals surface area contributed by atoms with Gasteiger partial charge in [-0.2, -0.15) is 10.4 Å². The molecule has 2 aromatic carbocycles. The normalized spacial score (nSPS) is 14.2. The Labute approximate surface area is 211 Å². The van der Waals surface area contributed by atoms with Gasteiger partial charge in [0.25, 0.3) is 11.8 Å². The molecule has 0 fully saturated rings. The molecule has 0 radical (unpaired) electrons. The molecule has 2 amide bonds. The number of hydrogen-bond donors (Lipinski definition) is 4. The van der Waals surface area contributed by atoms with Crippen molar-refractivity contribution in [3.8, 4) is 6.19 Å². The number of benzene rings is 2. The second-order valence-electron chi connectivity index (χ2n) is 8.17. The summed E-state index contributed by atoms with van der Waals surface area (Å²) in [7, 11) is 0. The summed E-state index contributed by atoms with van der Waals surface area (Å²) in [6, 6.07) is 6.71. The van der Waals surface area contributed by atoms with Gasteiger partial charge in [0.15, 0.2) is 6.19 Å². The van der Waals surface area contributed by atoms with Gasteiger partial charge in [0, 0.05) is 30.1 Å². The lowest BCUT2D eigenvalue weighted by Gasteiger charge is -2.30. The number of carbonyl (C=O) groups is 2. The summed E-state index contributed by atoms with van der Waals surface area (Å²) in [5.74, 6) is -0.591. The number of guanidine groups is 1. The molecule has 180 valence electrons. The van der Waals surface area contributed by atoms with E-state index in [2.05, 4.69) is 25.8 Å². The molecule has 4 rings (SSSR count). The number of rotatable bonds is 5. The molecule has 0 saturated heterocycles. The molecule has 0 unspecified atom stereocenters. The van der Waals surface area contributed by atoms with Gasteiger partial charge in [-0.15, -0.1) is 0 Å². The molecule has 12 heteroatoms. The van der Waals surface area contributed by atoms with E-state index in [0.717, 1.165) is 22.0 Å². The number of aromatic nitrogens is 2. The Morgan fingerprint density at radius 1 is 1.37 bits per heavy atom. The largest absolute Gasteiger partial charge is 0.369 e. The molecule has 1 aromatic heterocycles. The van der Waals surface area contributed by atoms with Crippen molar-refractivity contribution in [3.05, 3.63) is 62.8 Å². The number of aromatic amines is 1. The molecule has 0 saturated carbocycles. The SMILES string of the molecule is C[C@H](CN=C(N)NC#N)NC(=O)c1c(Cl)cc2c(c1Cl)CCN(C(=O)c1ccc3cn[nH]c3c1)C2. The predicted molar refractivity (Wildman–Crippen MR) is 133 cm³/mol. The number of nitriles is 1. The standard InChI is InChI=1S/C23H22Cl2N8O2/c1-12(8-28-23(27)29-11-26)31-21(34)19-17(24)6-15-10-33(5-4-16(15)20(19)25)22(35)13-2-3-14-9-30-32-18(14)7-13/h2-3,6-7,9,12H,4-5,8,10H2,1H3,(H,30,32)(H,31,34)(H3,27,28,29)/t12-/m1/s1. The van der Waals surface area contributed by atoms with Crippen molar-refractivity contribution >= 4 is 51.9 Å². The number of halogens is 2. The van der Waals surface area contributed by atoms with Crippen LogP contribution in [0, 0.1) is 11.5 Å². The van der Waals surface area contributed by atoms with Crippen molar-refractivity contribution in [2.24, 2.45) is 10.7 Å². The summed E-state index contributed by atoms with van der Waals surface area (Å²) in [5.41, 5.74) is 8.63. The summed E-state index contributed by atoms with van der Waals surface area (Å²) in [4.78, 5) is 31.7. The number of carbonyl (C=O) groups excluding carboxylic acids is 2. The van der Waals surface area contributed by atoms with Gasteiger partial charge in [-0.1, -0.05) is 29.3 Å². The molecule has 2 heterocycles. The maximum absolute atomic E-state index is 13.1. The Kier molecular flexibility index (Phi) is 7.10. The molecule has 0 bridgehead atoms. The molecule has 35 heavy (non-hydrogen) atoms. The van der Waals surface area contributed by atoms with Gasteiger partial charge < -0.3 is 16.0 Å². The second-order valence-corrected chi connectivity index (χ2v) is 8.96. The van der Waals surface area contributed by atoms with Crippen molar-refractivity contribution in [2.75, 3.05) is 13.1 Å². The van der Waals surface area contributed by atoms with E-state index in [1.54, 1.807) is 42.4 Å². The third-order valence-electron chi connectivity index (χ3n) is 5.70. The van der Waals surface area contributed by atoms with E-state index in [4.69, 9.17) is 34.2 Å². The summed E-state index contributed by atoms with van der Waals surface area (Å²) >= 11 is 13.1. The first-order chi connectivity index (χ1) is 16.8. The van der Waals surface area contributed by atoms with E-state index in [1.807, 2.05) is 6.07 Å². The van der Waals surface area contributed by atoms with Gasteiger partial charge in [-0.05, 0) is 42.7 Å². The number of nitrogens with zero attached hydrogens (tertiary/aromatic N) is 4. The van der Waals surface area contributed by atoms with Crippen LogP contribution in [-0.2, 0) is 13.0 Å². The quantitative estimate of drug-likeness (QED) is 0.178. The summed E-state index contributed by atoms with van der Waals surface area (Å²) in [6.07, 6.45) is 3.86. The minimum absolute atomic E-state index is 0.0398. The molecule has 1 atom stereocenters. The number of H-pyrrole nitrogens is 1.